The van der Waals surface area contributed by atoms with Crippen LogP contribution in [0.3, 0.4) is 0 Å². The second-order valence-corrected chi connectivity index (χ2v) is 4.58. The van der Waals surface area contributed by atoms with Crippen molar-refractivity contribution in [2.24, 2.45) is 0 Å². The molecule has 2 aromatic rings. The molecular weight excluding hydrogens is 236 g/mol. The van der Waals surface area contributed by atoms with Gasteiger partial charge in [-0.1, -0.05) is 37.6 Å². The van der Waals surface area contributed by atoms with Crippen LogP contribution >= 0.6 is 0 Å². The third kappa shape index (κ3) is 3.68. The van der Waals surface area contributed by atoms with E-state index in [1.54, 1.807) is 19.1 Å². The number of benzene rings is 2. The SMILES string of the molecule is CCCc1ccc(Oc2cccc(C(C)=O)c2)cc1. The van der Waals surface area contributed by atoms with Crippen LogP contribution in [0, 0.1) is 0 Å². The van der Waals surface area contributed by atoms with Gasteiger partial charge in [-0.25, -0.2) is 0 Å². The summed E-state index contributed by atoms with van der Waals surface area (Å²) in [5.74, 6) is 1.53. The highest BCUT2D eigenvalue weighted by molar-refractivity contribution is 5.94. The maximum absolute atomic E-state index is 11.3. The van der Waals surface area contributed by atoms with E-state index in [-0.39, 0.29) is 5.78 Å². The van der Waals surface area contributed by atoms with Crippen LogP contribution in [0.5, 0.6) is 11.5 Å². The highest BCUT2D eigenvalue weighted by Crippen LogP contribution is 2.23. The van der Waals surface area contributed by atoms with Crippen molar-refractivity contribution in [2.45, 2.75) is 26.7 Å². The van der Waals surface area contributed by atoms with Crippen LogP contribution in [0.1, 0.15) is 36.2 Å². The van der Waals surface area contributed by atoms with Gasteiger partial charge in [0.15, 0.2) is 5.78 Å². The molecule has 0 saturated carbocycles. The van der Waals surface area contributed by atoms with Gasteiger partial charge in [0, 0.05) is 5.56 Å². The van der Waals surface area contributed by atoms with Crippen molar-refractivity contribution in [1.29, 1.82) is 0 Å². The quantitative estimate of drug-likeness (QED) is 0.727. The van der Waals surface area contributed by atoms with E-state index < -0.39 is 0 Å². The fourth-order valence-corrected chi connectivity index (χ4v) is 1.93. The molecule has 0 N–H and O–H groups in total. The van der Waals surface area contributed by atoms with Gasteiger partial charge in [-0.2, -0.15) is 0 Å². The molecule has 0 amide bonds. The molecule has 0 aliphatic carbocycles. The van der Waals surface area contributed by atoms with Crippen LogP contribution in [0.4, 0.5) is 0 Å². The molecule has 0 saturated heterocycles. The van der Waals surface area contributed by atoms with E-state index in [1.807, 2.05) is 24.3 Å². The Hall–Kier alpha value is -2.09. The normalized spacial score (nSPS) is 10.2. The lowest BCUT2D eigenvalue weighted by atomic mass is 10.1. The summed E-state index contributed by atoms with van der Waals surface area (Å²) >= 11 is 0. The highest BCUT2D eigenvalue weighted by atomic mass is 16.5. The summed E-state index contributed by atoms with van der Waals surface area (Å²) in [6, 6.07) is 15.3. The minimum absolute atomic E-state index is 0.0451. The van der Waals surface area contributed by atoms with E-state index in [0.717, 1.165) is 18.6 Å². The zero-order valence-electron chi connectivity index (χ0n) is 11.3. The van der Waals surface area contributed by atoms with Gasteiger partial charge in [0.2, 0.25) is 0 Å². The zero-order chi connectivity index (χ0) is 13.7. The summed E-state index contributed by atoms with van der Waals surface area (Å²) in [4.78, 5) is 11.3. The van der Waals surface area contributed by atoms with Crippen LogP contribution < -0.4 is 4.74 Å². The van der Waals surface area contributed by atoms with E-state index in [0.29, 0.717) is 11.3 Å². The Labute approximate surface area is 114 Å². The number of aryl methyl sites for hydroxylation is 1. The van der Waals surface area contributed by atoms with Crippen molar-refractivity contribution < 1.29 is 9.53 Å². The lowest BCUT2D eigenvalue weighted by molar-refractivity contribution is 0.101. The third-order valence-corrected chi connectivity index (χ3v) is 2.94. The first-order chi connectivity index (χ1) is 9.19. The van der Waals surface area contributed by atoms with Gasteiger partial charge in [-0.3, -0.25) is 4.79 Å². The second-order valence-electron chi connectivity index (χ2n) is 4.58. The third-order valence-electron chi connectivity index (χ3n) is 2.94. The average molecular weight is 254 g/mol. The maximum Gasteiger partial charge on any atom is 0.159 e. The lowest BCUT2D eigenvalue weighted by Gasteiger charge is -2.07. The maximum atomic E-state index is 11.3. The Balaban J connectivity index is 2.12. The molecule has 0 fully saturated rings. The predicted molar refractivity (Wildman–Crippen MR) is 77.0 cm³/mol. The molecule has 2 heteroatoms. The molecule has 0 aliphatic rings. The number of rotatable bonds is 5. The van der Waals surface area contributed by atoms with Gasteiger partial charge in [-0.15, -0.1) is 0 Å². The van der Waals surface area contributed by atoms with E-state index >= 15 is 0 Å². The molecule has 2 rings (SSSR count). The van der Waals surface area contributed by atoms with Crippen molar-refractivity contribution in [3.05, 3.63) is 59.7 Å². The van der Waals surface area contributed by atoms with Gasteiger partial charge < -0.3 is 4.74 Å². The summed E-state index contributed by atoms with van der Waals surface area (Å²) in [7, 11) is 0. The molecule has 2 aromatic carbocycles. The van der Waals surface area contributed by atoms with Crippen LogP contribution in [-0.4, -0.2) is 5.78 Å². The van der Waals surface area contributed by atoms with Crippen LogP contribution in [0.25, 0.3) is 0 Å². The summed E-state index contributed by atoms with van der Waals surface area (Å²) in [6.45, 7) is 3.72. The fraction of sp³-hybridized carbons (Fsp3) is 0.235. The largest absolute Gasteiger partial charge is 0.457 e. The molecule has 0 atom stereocenters. The van der Waals surface area contributed by atoms with Gasteiger partial charge >= 0.3 is 0 Å². The Morgan fingerprint density at radius 3 is 2.42 bits per heavy atom. The smallest absolute Gasteiger partial charge is 0.159 e. The Morgan fingerprint density at radius 2 is 1.79 bits per heavy atom. The predicted octanol–water partition coefficient (Wildman–Crippen LogP) is 4.63. The van der Waals surface area contributed by atoms with E-state index in [4.69, 9.17) is 4.74 Å². The molecule has 0 aliphatic heterocycles. The van der Waals surface area contributed by atoms with E-state index in [9.17, 15) is 4.79 Å². The van der Waals surface area contributed by atoms with Crippen molar-refractivity contribution >= 4 is 5.78 Å². The highest BCUT2D eigenvalue weighted by Gasteiger charge is 2.02. The zero-order valence-corrected chi connectivity index (χ0v) is 11.3. The van der Waals surface area contributed by atoms with E-state index in [1.165, 1.54) is 5.56 Å². The molecule has 0 bridgehead atoms. The number of ketones is 1. The van der Waals surface area contributed by atoms with Gasteiger partial charge in [0.1, 0.15) is 11.5 Å². The fourth-order valence-electron chi connectivity index (χ4n) is 1.93. The van der Waals surface area contributed by atoms with Crippen molar-refractivity contribution in [1.82, 2.24) is 0 Å². The Kier molecular flexibility index (Phi) is 4.35. The van der Waals surface area contributed by atoms with Crippen LogP contribution in [-0.2, 0) is 6.42 Å². The molecule has 0 unspecified atom stereocenters. The molecule has 2 nitrogen and oxygen atoms in total. The summed E-state index contributed by atoms with van der Waals surface area (Å²) in [6.07, 6.45) is 2.22. The minimum Gasteiger partial charge on any atom is -0.457 e. The van der Waals surface area contributed by atoms with Crippen molar-refractivity contribution in [2.75, 3.05) is 0 Å². The van der Waals surface area contributed by atoms with Crippen LogP contribution in [0.2, 0.25) is 0 Å². The summed E-state index contributed by atoms with van der Waals surface area (Å²) in [5, 5.41) is 0. The number of ether oxygens (including phenoxy) is 1. The summed E-state index contributed by atoms with van der Waals surface area (Å²) < 4.78 is 5.75. The molecular formula is C17H18O2. The number of carbonyl (C=O) groups excluding carboxylic acids is 1. The standard InChI is InChI=1S/C17H18O2/c1-3-5-14-8-10-16(11-9-14)19-17-7-4-6-15(12-17)13(2)18/h4,6-12H,3,5H2,1-2H3. The molecule has 0 aromatic heterocycles. The molecule has 0 radical (unpaired) electrons. The number of Topliss-reactive ketones (excluding diaryl/α,β-unsaturated/α-hetero) is 1. The van der Waals surface area contributed by atoms with Gasteiger partial charge in [0.05, 0.1) is 0 Å². The number of hydrogen-bond acceptors (Lipinski definition) is 2. The van der Waals surface area contributed by atoms with Gasteiger partial charge in [0.25, 0.3) is 0 Å². The lowest BCUT2D eigenvalue weighted by Crippen LogP contribution is -1.92. The topological polar surface area (TPSA) is 26.3 Å². The Bertz CT molecular complexity index is 556. The minimum atomic E-state index is 0.0451. The molecule has 0 heterocycles. The van der Waals surface area contributed by atoms with E-state index in [2.05, 4.69) is 19.1 Å². The van der Waals surface area contributed by atoms with Crippen molar-refractivity contribution in [3.63, 3.8) is 0 Å². The number of hydrogen-bond donors (Lipinski definition) is 0. The summed E-state index contributed by atoms with van der Waals surface area (Å²) in [5.41, 5.74) is 1.98. The molecule has 98 valence electrons. The van der Waals surface area contributed by atoms with Crippen LogP contribution in [0.15, 0.2) is 48.5 Å². The second kappa shape index (κ2) is 6.19. The number of carbonyl (C=O) groups is 1. The monoisotopic (exact) mass is 254 g/mol. The Morgan fingerprint density at radius 1 is 1.05 bits per heavy atom. The first-order valence-electron chi connectivity index (χ1n) is 6.57. The molecule has 0 spiro atoms. The first kappa shape index (κ1) is 13.3. The average Bonchev–Trinajstić information content (AvgIpc) is 2.42. The molecule has 19 heavy (non-hydrogen) atoms. The van der Waals surface area contributed by atoms with Crippen molar-refractivity contribution in [3.8, 4) is 11.5 Å². The van der Waals surface area contributed by atoms with Gasteiger partial charge in [-0.05, 0) is 43.2 Å². The first-order valence-corrected chi connectivity index (χ1v) is 6.57.